The first kappa shape index (κ1) is 17.1. The number of aromatic nitrogens is 1. The highest BCUT2D eigenvalue weighted by molar-refractivity contribution is 7.99. The number of carbonyl (C=O) groups excluding carboxylic acids is 2. The number of nitrogens with one attached hydrogen (secondary N) is 1. The molecule has 7 heteroatoms. The summed E-state index contributed by atoms with van der Waals surface area (Å²) in [6.07, 6.45) is 3.90. The van der Waals surface area contributed by atoms with Crippen molar-refractivity contribution in [2.45, 2.75) is 18.9 Å². The second-order valence-electron chi connectivity index (χ2n) is 6.62. The highest BCUT2D eigenvalue weighted by atomic mass is 32.2. The third kappa shape index (κ3) is 3.22. The van der Waals surface area contributed by atoms with Crippen molar-refractivity contribution >= 4 is 23.6 Å². The van der Waals surface area contributed by atoms with Crippen molar-refractivity contribution in [3.8, 4) is 0 Å². The molecule has 0 radical (unpaired) electrons. The molecule has 1 aromatic heterocycles. The SMILES string of the molecule is CSCC(=O)N1CC2CCC(NC(=O)c3cccc(=O)n3C)C2C1. The zero-order valence-electron chi connectivity index (χ0n) is 14.0. The van der Waals surface area contributed by atoms with Gasteiger partial charge in [-0.3, -0.25) is 14.4 Å². The molecule has 1 saturated carbocycles. The zero-order chi connectivity index (χ0) is 17.3. The number of hydrogen-bond donors (Lipinski definition) is 1. The van der Waals surface area contributed by atoms with Crippen LogP contribution in [0.25, 0.3) is 0 Å². The first-order valence-corrected chi connectivity index (χ1v) is 9.64. The van der Waals surface area contributed by atoms with E-state index in [4.69, 9.17) is 0 Å². The molecule has 2 aliphatic rings. The summed E-state index contributed by atoms with van der Waals surface area (Å²) in [5.41, 5.74) is 0.181. The summed E-state index contributed by atoms with van der Waals surface area (Å²) in [4.78, 5) is 38.2. The average Bonchev–Trinajstić information content (AvgIpc) is 3.12. The highest BCUT2D eigenvalue weighted by Gasteiger charge is 2.44. The van der Waals surface area contributed by atoms with E-state index in [-0.39, 0.29) is 23.4 Å². The number of pyridine rings is 1. The van der Waals surface area contributed by atoms with Crippen LogP contribution in [-0.2, 0) is 11.8 Å². The summed E-state index contributed by atoms with van der Waals surface area (Å²) in [5, 5.41) is 3.08. The van der Waals surface area contributed by atoms with Crippen LogP contribution >= 0.6 is 11.8 Å². The topological polar surface area (TPSA) is 71.4 Å². The van der Waals surface area contributed by atoms with E-state index in [2.05, 4.69) is 5.32 Å². The molecule has 6 nitrogen and oxygen atoms in total. The number of fused-ring (bicyclic) bond motifs is 1. The van der Waals surface area contributed by atoms with Gasteiger partial charge in [0.1, 0.15) is 5.69 Å². The molecule has 1 aromatic rings. The first-order chi connectivity index (χ1) is 11.5. The number of hydrogen-bond acceptors (Lipinski definition) is 4. The molecule has 130 valence electrons. The largest absolute Gasteiger partial charge is 0.348 e. The standard InChI is InChI=1S/C17H23N3O3S/c1-19-14(4-3-5-15(19)21)17(23)18-13-7-6-11-8-20(9-12(11)13)16(22)10-24-2/h3-5,11-13H,6-10H2,1-2H3,(H,18,23). The first-order valence-electron chi connectivity index (χ1n) is 8.25. The van der Waals surface area contributed by atoms with E-state index in [1.807, 2.05) is 11.2 Å². The Morgan fingerprint density at radius 1 is 1.29 bits per heavy atom. The van der Waals surface area contributed by atoms with Crippen molar-refractivity contribution in [2.75, 3.05) is 25.1 Å². The summed E-state index contributed by atoms with van der Waals surface area (Å²) in [6.45, 7) is 1.53. The molecule has 2 amide bonds. The smallest absolute Gasteiger partial charge is 0.268 e. The highest BCUT2D eigenvalue weighted by Crippen LogP contribution is 2.38. The van der Waals surface area contributed by atoms with E-state index in [1.165, 1.54) is 10.6 Å². The van der Waals surface area contributed by atoms with Crippen LogP contribution in [0.2, 0.25) is 0 Å². The molecule has 0 aromatic carbocycles. The predicted octanol–water partition coefficient (Wildman–Crippen LogP) is 0.715. The Hall–Kier alpha value is -1.76. The van der Waals surface area contributed by atoms with Crippen LogP contribution in [0, 0.1) is 11.8 Å². The maximum absolute atomic E-state index is 12.5. The van der Waals surface area contributed by atoms with Gasteiger partial charge in [0.15, 0.2) is 0 Å². The summed E-state index contributed by atoms with van der Waals surface area (Å²) in [7, 11) is 1.60. The molecule has 24 heavy (non-hydrogen) atoms. The second-order valence-corrected chi connectivity index (χ2v) is 7.49. The van der Waals surface area contributed by atoms with E-state index >= 15 is 0 Å². The number of thioether (sulfide) groups is 1. The zero-order valence-corrected chi connectivity index (χ0v) is 14.8. The lowest BCUT2D eigenvalue weighted by Gasteiger charge is -2.22. The van der Waals surface area contributed by atoms with Gasteiger partial charge in [0.2, 0.25) is 5.91 Å². The van der Waals surface area contributed by atoms with E-state index in [9.17, 15) is 14.4 Å². The third-order valence-corrected chi connectivity index (χ3v) is 5.75. The van der Waals surface area contributed by atoms with Gasteiger partial charge in [-0.05, 0) is 31.1 Å². The Labute approximate surface area is 145 Å². The summed E-state index contributed by atoms with van der Waals surface area (Å²) >= 11 is 1.54. The average molecular weight is 349 g/mol. The van der Waals surface area contributed by atoms with Crippen molar-refractivity contribution < 1.29 is 9.59 Å². The number of amides is 2. The van der Waals surface area contributed by atoms with Crippen LogP contribution in [0.15, 0.2) is 23.0 Å². The van der Waals surface area contributed by atoms with Crippen molar-refractivity contribution in [1.29, 1.82) is 0 Å². The molecule has 1 N–H and O–H groups in total. The molecule has 1 saturated heterocycles. The lowest BCUT2D eigenvalue weighted by Crippen LogP contribution is -2.42. The monoisotopic (exact) mass is 349 g/mol. The van der Waals surface area contributed by atoms with E-state index in [0.29, 0.717) is 23.3 Å². The Morgan fingerprint density at radius 2 is 2.08 bits per heavy atom. The van der Waals surface area contributed by atoms with E-state index < -0.39 is 0 Å². The van der Waals surface area contributed by atoms with Gasteiger partial charge in [0.25, 0.3) is 11.5 Å². The maximum Gasteiger partial charge on any atom is 0.268 e. The van der Waals surface area contributed by atoms with Gasteiger partial charge in [-0.1, -0.05) is 6.07 Å². The van der Waals surface area contributed by atoms with Gasteiger partial charge >= 0.3 is 0 Å². The minimum Gasteiger partial charge on any atom is -0.348 e. The Kier molecular flexibility index (Phi) is 4.99. The number of likely N-dealkylation sites (tertiary alicyclic amines) is 1. The fourth-order valence-electron chi connectivity index (χ4n) is 3.90. The molecule has 3 rings (SSSR count). The number of nitrogens with zero attached hydrogens (tertiary/aromatic N) is 2. The summed E-state index contributed by atoms with van der Waals surface area (Å²) < 4.78 is 1.37. The lowest BCUT2D eigenvalue weighted by atomic mass is 9.98. The normalized spacial score (nSPS) is 25.6. The van der Waals surface area contributed by atoms with Gasteiger partial charge in [0, 0.05) is 38.2 Å². The molecule has 3 unspecified atom stereocenters. The summed E-state index contributed by atoms with van der Waals surface area (Å²) in [6, 6.07) is 4.78. The van der Waals surface area contributed by atoms with Crippen molar-refractivity contribution in [3.63, 3.8) is 0 Å². The van der Waals surface area contributed by atoms with Crippen LogP contribution in [0.3, 0.4) is 0 Å². The second kappa shape index (κ2) is 7.01. The maximum atomic E-state index is 12.5. The van der Waals surface area contributed by atoms with E-state index in [0.717, 1.165) is 25.9 Å². The minimum atomic E-state index is -0.213. The van der Waals surface area contributed by atoms with Crippen molar-refractivity contribution in [1.82, 2.24) is 14.8 Å². The van der Waals surface area contributed by atoms with Crippen molar-refractivity contribution in [3.05, 3.63) is 34.2 Å². The van der Waals surface area contributed by atoms with Gasteiger partial charge in [-0.15, -0.1) is 0 Å². The van der Waals surface area contributed by atoms with Crippen LogP contribution in [0.1, 0.15) is 23.3 Å². The molecule has 2 fully saturated rings. The fraction of sp³-hybridized carbons (Fsp3) is 0.588. The van der Waals surface area contributed by atoms with Crippen LogP contribution in [0.5, 0.6) is 0 Å². The van der Waals surface area contributed by atoms with Crippen LogP contribution in [-0.4, -0.2) is 52.4 Å². The molecular formula is C17H23N3O3S. The third-order valence-electron chi connectivity index (χ3n) is 5.21. The number of rotatable bonds is 4. The van der Waals surface area contributed by atoms with Gasteiger partial charge in [-0.2, -0.15) is 11.8 Å². The van der Waals surface area contributed by atoms with E-state index in [1.54, 1.807) is 30.9 Å². The molecule has 0 spiro atoms. The Balaban J connectivity index is 1.66. The van der Waals surface area contributed by atoms with Gasteiger partial charge in [0.05, 0.1) is 5.75 Å². The molecule has 2 heterocycles. The molecule has 1 aliphatic heterocycles. The van der Waals surface area contributed by atoms with Crippen LogP contribution < -0.4 is 10.9 Å². The lowest BCUT2D eigenvalue weighted by molar-refractivity contribution is -0.127. The number of carbonyl (C=O) groups is 2. The molecular weight excluding hydrogens is 326 g/mol. The fourth-order valence-corrected chi connectivity index (χ4v) is 4.33. The van der Waals surface area contributed by atoms with Crippen LogP contribution in [0.4, 0.5) is 0 Å². The predicted molar refractivity (Wildman–Crippen MR) is 94.1 cm³/mol. The Bertz CT molecular complexity index is 703. The Morgan fingerprint density at radius 3 is 2.83 bits per heavy atom. The van der Waals surface area contributed by atoms with Gasteiger partial charge in [-0.25, -0.2) is 0 Å². The minimum absolute atomic E-state index is 0.0740. The van der Waals surface area contributed by atoms with Gasteiger partial charge < -0.3 is 14.8 Å². The molecule has 3 atom stereocenters. The summed E-state index contributed by atoms with van der Waals surface area (Å²) in [5.74, 6) is 1.28. The molecule has 1 aliphatic carbocycles. The molecule has 0 bridgehead atoms. The quantitative estimate of drug-likeness (QED) is 0.869. The van der Waals surface area contributed by atoms with Crippen molar-refractivity contribution in [2.24, 2.45) is 18.9 Å².